The molecule has 0 unspecified atom stereocenters. The van der Waals surface area contributed by atoms with Gasteiger partial charge in [0.15, 0.2) is 0 Å². The monoisotopic (exact) mass is 333 g/mol. The maximum absolute atomic E-state index is 12.3. The van der Waals surface area contributed by atoms with E-state index < -0.39 is 0 Å². The predicted molar refractivity (Wildman–Crippen MR) is 90.1 cm³/mol. The lowest BCUT2D eigenvalue weighted by atomic mass is 9.96. The van der Waals surface area contributed by atoms with Crippen LogP contribution in [0.3, 0.4) is 0 Å². The van der Waals surface area contributed by atoms with Crippen LogP contribution >= 0.6 is 0 Å². The average molecular weight is 333 g/mol. The Morgan fingerprint density at radius 2 is 1.88 bits per heavy atom. The molecule has 0 saturated carbocycles. The number of hydrogen-bond acceptors (Lipinski definition) is 4. The Morgan fingerprint density at radius 3 is 2.54 bits per heavy atom. The molecular formula is C18H27N3O3. The van der Waals surface area contributed by atoms with Gasteiger partial charge in [0.25, 0.3) is 0 Å². The van der Waals surface area contributed by atoms with E-state index in [1.165, 1.54) is 6.42 Å². The van der Waals surface area contributed by atoms with Crippen molar-refractivity contribution in [1.82, 2.24) is 15.1 Å². The van der Waals surface area contributed by atoms with Gasteiger partial charge in [0.05, 0.1) is 19.4 Å². The molecule has 0 radical (unpaired) electrons. The zero-order chi connectivity index (χ0) is 16.8. The Balaban J connectivity index is 1.37. The molecule has 2 aliphatic rings. The fourth-order valence-electron chi connectivity index (χ4n) is 3.52. The quantitative estimate of drug-likeness (QED) is 0.889. The number of carbonyl (C=O) groups excluding carboxylic acids is 2. The minimum Gasteiger partial charge on any atom is -0.467 e. The van der Waals surface area contributed by atoms with Gasteiger partial charge in [-0.1, -0.05) is 0 Å². The van der Waals surface area contributed by atoms with Crippen LogP contribution in [0, 0.1) is 5.92 Å². The lowest BCUT2D eigenvalue weighted by molar-refractivity contribution is -0.134. The molecule has 132 valence electrons. The number of rotatable bonds is 5. The van der Waals surface area contributed by atoms with E-state index in [1.807, 2.05) is 17.0 Å². The molecule has 24 heavy (non-hydrogen) atoms. The lowest BCUT2D eigenvalue weighted by Gasteiger charge is -2.33. The maximum Gasteiger partial charge on any atom is 0.236 e. The first-order chi connectivity index (χ1) is 11.7. The predicted octanol–water partition coefficient (Wildman–Crippen LogP) is 1.62. The van der Waals surface area contributed by atoms with Crippen LogP contribution in [0.4, 0.5) is 0 Å². The van der Waals surface area contributed by atoms with Crippen molar-refractivity contribution in [1.29, 1.82) is 0 Å². The average Bonchev–Trinajstić information content (AvgIpc) is 3.14. The van der Waals surface area contributed by atoms with Gasteiger partial charge in [-0.2, -0.15) is 0 Å². The summed E-state index contributed by atoms with van der Waals surface area (Å²) < 4.78 is 5.22. The number of hydrogen-bond donors (Lipinski definition) is 1. The summed E-state index contributed by atoms with van der Waals surface area (Å²) in [6.45, 7) is 4.39. The third kappa shape index (κ3) is 4.60. The summed E-state index contributed by atoms with van der Waals surface area (Å²) in [6, 6.07) is 3.68. The molecule has 2 fully saturated rings. The van der Waals surface area contributed by atoms with Gasteiger partial charge in [0.1, 0.15) is 5.76 Å². The van der Waals surface area contributed by atoms with Crippen LogP contribution in [0.2, 0.25) is 0 Å². The van der Waals surface area contributed by atoms with Crippen LogP contribution in [-0.2, 0) is 16.1 Å². The van der Waals surface area contributed by atoms with Crippen molar-refractivity contribution < 1.29 is 14.0 Å². The summed E-state index contributed by atoms with van der Waals surface area (Å²) >= 11 is 0. The molecular weight excluding hydrogens is 306 g/mol. The largest absolute Gasteiger partial charge is 0.467 e. The molecule has 2 saturated heterocycles. The first kappa shape index (κ1) is 17.0. The number of carbonyl (C=O) groups is 2. The molecule has 0 atom stereocenters. The van der Waals surface area contributed by atoms with Crippen LogP contribution < -0.4 is 5.32 Å². The number of nitrogens with zero attached hydrogens (tertiary/aromatic N) is 2. The van der Waals surface area contributed by atoms with E-state index in [2.05, 4.69) is 10.2 Å². The zero-order valence-electron chi connectivity index (χ0n) is 14.2. The van der Waals surface area contributed by atoms with Crippen molar-refractivity contribution in [2.75, 3.05) is 32.7 Å². The number of piperidine rings is 2. The summed E-state index contributed by atoms with van der Waals surface area (Å²) in [5.41, 5.74) is 0. The van der Waals surface area contributed by atoms with E-state index in [9.17, 15) is 9.59 Å². The van der Waals surface area contributed by atoms with Gasteiger partial charge >= 0.3 is 0 Å². The van der Waals surface area contributed by atoms with Gasteiger partial charge in [-0.05, 0) is 57.3 Å². The second kappa shape index (κ2) is 8.33. The van der Waals surface area contributed by atoms with Gasteiger partial charge in [0.2, 0.25) is 11.8 Å². The smallest absolute Gasteiger partial charge is 0.236 e. The van der Waals surface area contributed by atoms with Crippen LogP contribution in [-0.4, -0.2) is 54.3 Å². The first-order valence-corrected chi connectivity index (χ1v) is 9.02. The van der Waals surface area contributed by atoms with Gasteiger partial charge in [-0.15, -0.1) is 0 Å². The number of amides is 2. The van der Waals surface area contributed by atoms with Crippen LogP contribution in [0.25, 0.3) is 0 Å². The fraction of sp³-hybridized carbons (Fsp3) is 0.667. The second-order valence-electron chi connectivity index (χ2n) is 6.79. The highest BCUT2D eigenvalue weighted by Gasteiger charge is 2.27. The molecule has 2 aliphatic heterocycles. The maximum atomic E-state index is 12.3. The standard InChI is InChI=1S/C18H27N3O3/c22-17(21-8-2-1-3-9-21)14-20-10-6-15(7-11-20)18(23)19-13-16-5-4-12-24-16/h4-5,12,15H,1-3,6-11,13-14H2,(H,19,23). The molecule has 0 aromatic carbocycles. The minimum atomic E-state index is 0.0429. The summed E-state index contributed by atoms with van der Waals surface area (Å²) in [7, 11) is 0. The van der Waals surface area contributed by atoms with Crippen LogP contribution in [0.15, 0.2) is 22.8 Å². The molecule has 1 aromatic heterocycles. The van der Waals surface area contributed by atoms with Gasteiger partial charge in [-0.3, -0.25) is 14.5 Å². The zero-order valence-corrected chi connectivity index (χ0v) is 14.2. The Bertz CT molecular complexity index is 530. The molecule has 1 N–H and O–H groups in total. The second-order valence-corrected chi connectivity index (χ2v) is 6.79. The third-order valence-corrected chi connectivity index (χ3v) is 5.04. The van der Waals surface area contributed by atoms with Crippen molar-refractivity contribution in [2.24, 2.45) is 5.92 Å². The van der Waals surface area contributed by atoms with Crippen molar-refractivity contribution in [2.45, 2.75) is 38.6 Å². The molecule has 3 heterocycles. The summed E-state index contributed by atoms with van der Waals surface area (Å²) in [4.78, 5) is 28.7. The van der Waals surface area contributed by atoms with Crippen molar-refractivity contribution in [3.8, 4) is 0 Å². The van der Waals surface area contributed by atoms with E-state index in [-0.39, 0.29) is 17.7 Å². The summed E-state index contributed by atoms with van der Waals surface area (Å²) in [6.07, 6.45) is 6.74. The van der Waals surface area contributed by atoms with Gasteiger partial charge in [0, 0.05) is 19.0 Å². The SMILES string of the molecule is O=C(NCc1ccco1)C1CCN(CC(=O)N2CCCCC2)CC1. The van der Waals surface area contributed by atoms with E-state index in [1.54, 1.807) is 6.26 Å². The van der Waals surface area contributed by atoms with E-state index in [4.69, 9.17) is 4.42 Å². The molecule has 3 rings (SSSR count). The van der Waals surface area contributed by atoms with Crippen molar-refractivity contribution in [3.05, 3.63) is 24.2 Å². The summed E-state index contributed by atoms with van der Waals surface area (Å²) in [5.74, 6) is 1.15. The lowest BCUT2D eigenvalue weighted by Crippen LogP contribution is -2.46. The van der Waals surface area contributed by atoms with E-state index in [0.717, 1.165) is 57.6 Å². The number of furan rings is 1. The molecule has 6 heteroatoms. The Morgan fingerprint density at radius 1 is 1.12 bits per heavy atom. The molecule has 2 amide bonds. The minimum absolute atomic E-state index is 0.0429. The molecule has 1 aromatic rings. The molecule has 0 spiro atoms. The van der Waals surface area contributed by atoms with Gasteiger partial charge < -0.3 is 14.6 Å². The van der Waals surface area contributed by atoms with Crippen molar-refractivity contribution in [3.63, 3.8) is 0 Å². The highest BCUT2D eigenvalue weighted by molar-refractivity contribution is 5.79. The van der Waals surface area contributed by atoms with E-state index >= 15 is 0 Å². The Hall–Kier alpha value is -1.82. The number of nitrogens with one attached hydrogen (secondary N) is 1. The fourth-order valence-corrected chi connectivity index (χ4v) is 3.52. The normalized spacial score (nSPS) is 20.1. The van der Waals surface area contributed by atoms with Crippen molar-refractivity contribution >= 4 is 11.8 Å². The number of likely N-dealkylation sites (tertiary alicyclic amines) is 2. The first-order valence-electron chi connectivity index (χ1n) is 9.02. The Kier molecular flexibility index (Phi) is 5.91. The summed E-state index contributed by atoms with van der Waals surface area (Å²) in [5, 5.41) is 2.94. The third-order valence-electron chi connectivity index (χ3n) is 5.04. The van der Waals surface area contributed by atoms with E-state index in [0.29, 0.717) is 13.1 Å². The Labute approximate surface area is 143 Å². The molecule has 0 aliphatic carbocycles. The van der Waals surface area contributed by atoms with Gasteiger partial charge in [-0.25, -0.2) is 0 Å². The molecule has 6 nitrogen and oxygen atoms in total. The highest BCUT2D eigenvalue weighted by Crippen LogP contribution is 2.18. The molecule has 0 bridgehead atoms. The highest BCUT2D eigenvalue weighted by atomic mass is 16.3. The van der Waals surface area contributed by atoms with Crippen LogP contribution in [0.5, 0.6) is 0 Å². The topological polar surface area (TPSA) is 65.8 Å². The van der Waals surface area contributed by atoms with Crippen LogP contribution in [0.1, 0.15) is 37.9 Å².